The summed E-state index contributed by atoms with van der Waals surface area (Å²) in [5, 5.41) is 4.31. The second-order valence-corrected chi connectivity index (χ2v) is 4.07. The number of pyridine rings is 1. The van der Waals surface area contributed by atoms with Crippen molar-refractivity contribution in [3.63, 3.8) is 0 Å². The number of nitrogen functional groups attached to an aromatic ring is 1. The molecule has 0 spiro atoms. The first kappa shape index (κ1) is 11.4. The molecule has 0 radical (unpaired) electrons. The van der Waals surface area contributed by atoms with E-state index in [1.54, 1.807) is 30.6 Å². The number of nitrogens with zero attached hydrogens (tertiary/aromatic N) is 3. The molecular weight excluding hydrogens is 243 g/mol. The van der Waals surface area contributed by atoms with Crippen LogP contribution >= 0.6 is 0 Å². The third-order valence-electron chi connectivity index (χ3n) is 2.73. The number of anilines is 1. The lowest BCUT2D eigenvalue weighted by Gasteiger charge is -2.03. The van der Waals surface area contributed by atoms with Crippen LogP contribution < -0.4 is 5.73 Å². The molecule has 0 saturated carbocycles. The molecule has 5 heteroatoms. The lowest BCUT2D eigenvalue weighted by molar-refractivity contribution is 0.612. The van der Waals surface area contributed by atoms with Crippen molar-refractivity contribution >= 4 is 5.69 Å². The summed E-state index contributed by atoms with van der Waals surface area (Å²) in [6.45, 7) is 0. The average Bonchev–Trinajstić information content (AvgIpc) is 2.89. The molecule has 1 aromatic carbocycles. The Morgan fingerprint density at radius 2 is 1.95 bits per heavy atom. The van der Waals surface area contributed by atoms with Gasteiger partial charge < -0.3 is 5.73 Å². The number of nitrogens with two attached hydrogens (primary N) is 1. The molecule has 0 bridgehead atoms. The predicted octanol–water partition coefficient (Wildman–Crippen LogP) is 2.66. The zero-order valence-electron chi connectivity index (χ0n) is 9.99. The molecule has 0 aliphatic carbocycles. The summed E-state index contributed by atoms with van der Waals surface area (Å²) >= 11 is 0. The van der Waals surface area contributed by atoms with Gasteiger partial charge in [-0.15, -0.1) is 0 Å². The van der Waals surface area contributed by atoms with Crippen molar-refractivity contribution in [1.29, 1.82) is 0 Å². The summed E-state index contributed by atoms with van der Waals surface area (Å²) in [5.74, 6) is -0.407. The Morgan fingerprint density at radius 1 is 1.05 bits per heavy atom. The highest BCUT2D eigenvalue weighted by molar-refractivity contribution is 5.54. The molecule has 19 heavy (non-hydrogen) atoms. The molecular formula is C14H11FN4. The van der Waals surface area contributed by atoms with Crippen LogP contribution in [0.3, 0.4) is 0 Å². The van der Waals surface area contributed by atoms with Crippen LogP contribution in [0.25, 0.3) is 17.1 Å². The van der Waals surface area contributed by atoms with E-state index in [9.17, 15) is 4.39 Å². The third-order valence-corrected chi connectivity index (χ3v) is 2.73. The van der Waals surface area contributed by atoms with Gasteiger partial charge in [0, 0.05) is 18.1 Å². The molecule has 3 rings (SSSR count). The average molecular weight is 254 g/mol. The Kier molecular flexibility index (Phi) is 2.72. The SMILES string of the molecule is Nc1ccc(-n2ccc(-c3ccccn3)n2)c(F)c1. The van der Waals surface area contributed by atoms with Gasteiger partial charge in [-0.1, -0.05) is 6.07 Å². The molecule has 2 aromatic heterocycles. The fourth-order valence-electron chi connectivity index (χ4n) is 1.82. The quantitative estimate of drug-likeness (QED) is 0.715. The molecule has 0 aliphatic rings. The minimum absolute atomic E-state index is 0.358. The number of aromatic nitrogens is 3. The van der Waals surface area contributed by atoms with E-state index in [-0.39, 0.29) is 0 Å². The summed E-state index contributed by atoms with van der Waals surface area (Å²) in [6, 6.07) is 11.9. The van der Waals surface area contributed by atoms with E-state index < -0.39 is 5.82 Å². The molecule has 0 unspecified atom stereocenters. The summed E-state index contributed by atoms with van der Waals surface area (Å²) in [5.41, 5.74) is 7.71. The van der Waals surface area contributed by atoms with Gasteiger partial charge in [0.05, 0.1) is 5.69 Å². The highest BCUT2D eigenvalue weighted by Gasteiger charge is 2.08. The molecule has 94 valence electrons. The third kappa shape index (κ3) is 2.18. The lowest BCUT2D eigenvalue weighted by Crippen LogP contribution is -1.99. The van der Waals surface area contributed by atoms with Crippen molar-refractivity contribution in [3.8, 4) is 17.1 Å². The van der Waals surface area contributed by atoms with E-state index >= 15 is 0 Å². The number of hydrogen-bond donors (Lipinski definition) is 1. The molecule has 2 N–H and O–H groups in total. The van der Waals surface area contributed by atoms with E-state index in [1.165, 1.54) is 10.7 Å². The molecule has 2 heterocycles. The van der Waals surface area contributed by atoms with Crippen molar-refractivity contribution in [2.75, 3.05) is 5.73 Å². The molecule has 3 aromatic rings. The van der Waals surface area contributed by atoms with Crippen LogP contribution in [-0.4, -0.2) is 14.8 Å². The van der Waals surface area contributed by atoms with Crippen molar-refractivity contribution in [3.05, 3.63) is 60.7 Å². The fourth-order valence-corrected chi connectivity index (χ4v) is 1.82. The van der Waals surface area contributed by atoms with Crippen LogP contribution in [-0.2, 0) is 0 Å². The van der Waals surface area contributed by atoms with E-state index in [2.05, 4.69) is 10.1 Å². The normalized spacial score (nSPS) is 10.6. The highest BCUT2D eigenvalue weighted by atomic mass is 19.1. The Hall–Kier alpha value is -2.69. The maximum atomic E-state index is 13.8. The minimum atomic E-state index is -0.407. The van der Waals surface area contributed by atoms with Gasteiger partial charge in [-0.25, -0.2) is 9.07 Å². The maximum absolute atomic E-state index is 13.8. The van der Waals surface area contributed by atoms with Gasteiger partial charge in [-0.2, -0.15) is 5.10 Å². The summed E-state index contributed by atoms with van der Waals surface area (Å²) in [7, 11) is 0. The summed E-state index contributed by atoms with van der Waals surface area (Å²) in [4.78, 5) is 4.20. The first-order valence-corrected chi connectivity index (χ1v) is 5.76. The van der Waals surface area contributed by atoms with E-state index in [4.69, 9.17) is 5.73 Å². The Bertz CT molecular complexity index is 706. The summed E-state index contributed by atoms with van der Waals surface area (Å²) < 4.78 is 15.3. The molecule has 0 saturated heterocycles. The topological polar surface area (TPSA) is 56.7 Å². The number of halogens is 1. The zero-order chi connectivity index (χ0) is 13.2. The number of benzene rings is 1. The van der Waals surface area contributed by atoms with Crippen molar-refractivity contribution in [1.82, 2.24) is 14.8 Å². The van der Waals surface area contributed by atoms with Gasteiger partial charge in [-0.3, -0.25) is 4.98 Å². The standard InChI is InChI=1S/C14H11FN4/c15-11-9-10(16)4-5-14(11)19-8-6-13(18-19)12-3-1-2-7-17-12/h1-9H,16H2. The second kappa shape index (κ2) is 4.53. The number of hydrogen-bond acceptors (Lipinski definition) is 3. The van der Waals surface area contributed by atoms with Gasteiger partial charge >= 0.3 is 0 Å². The van der Waals surface area contributed by atoms with Gasteiger partial charge in [0.1, 0.15) is 11.4 Å². The van der Waals surface area contributed by atoms with Crippen LogP contribution in [0.5, 0.6) is 0 Å². The lowest BCUT2D eigenvalue weighted by atomic mass is 10.3. The molecule has 0 fully saturated rings. The van der Waals surface area contributed by atoms with Crippen molar-refractivity contribution in [2.45, 2.75) is 0 Å². The van der Waals surface area contributed by atoms with E-state index in [0.717, 1.165) is 5.69 Å². The minimum Gasteiger partial charge on any atom is -0.399 e. The van der Waals surface area contributed by atoms with Crippen LogP contribution in [0.15, 0.2) is 54.9 Å². The van der Waals surface area contributed by atoms with Crippen LogP contribution in [0.4, 0.5) is 10.1 Å². The summed E-state index contributed by atoms with van der Waals surface area (Å²) in [6.07, 6.45) is 3.39. The van der Waals surface area contributed by atoms with Crippen molar-refractivity contribution in [2.24, 2.45) is 0 Å². The number of rotatable bonds is 2. The van der Waals surface area contributed by atoms with E-state index in [1.807, 2.05) is 18.2 Å². The van der Waals surface area contributed by atoms with Gasteiger partial charge in [0.2, 0.25) is 0 Å². The molecule has 0 aliphatic heterocycles. The molecule has 0 atom stereocenters. The largest absolute Gasteiger partial charge is 0.399 e. The zero-order valence-corrected chi connectivity index (χ0v) is 9.99. The molecule has 0 amide bonds. The monoisotopic (exact) mass is 254 g/mol. The van der Waals surface area contributed by atoms with Crippen molar-refractivity contribution < 1.29 is 4.39 Å². The second-order valence-electron chi connectivity index (χ2n) is 4.07. The first-order chi connectivity index (χ1) is 9.24. The Labute approximate surface area is 109 Å². The van der Waals surface area contributed by atoms with Gasteiger partial charge in [0.15, 0.2) is 5.82 Å². The van der Waals surface area contributed by atoms with Gasteiger partial charge in [0.25, 0.3) is 0 Å². The smallest absolute Gasteiger partial charge is 0.150 e. The highest BCUT2D eigenvalue weighted by Crippen LogP contribution is 2.19. The molecule has 4 nitrogen and oxygen atoms in total. The van der Waals surface area contributed by atoms with Crippen LogP contribution in [0, 0.1) is 5.82 Å². The fraction of sp³-hybridized carbons (Fsp3) is 0. The predicted molar refractivity (Wildman–Crippen MR) is 71.2 cm³/mol. The van der Waals surface area contributed by atoms with Gasteiger partial charge in [-0.05, 0) is 36.4 Å². The Morgan fingerprint density at radius 3 is 2.68 bits per heavy atom. The maximum Gasteiger partial charge on any atom is 0.150 e. The first-order valence-electron chi connectivity index (χ1n) is 5.76. The van der Waals surface area contributed by atoms with Crippen LogP contribution in [0.1, 0.15) is 0 Å². The van der Waals surface area contributed by atoms with Crippen LogP contribution in [0.2, 0.25) is 0 Å². The van der Waals surface area contributed by atoms with E-state index in [0.29, 0.717) is 17.1 Å². The Balaban J connectivity index is 2.02.